The molecule has 2 rings (SSSR count). The first-order valence-electron chi connectivity index (χ1n) is 9.11. The SMILES string of the molecule is CCOC(=O)C1(C(=O)OCC)CCN(C(=O)OC(C)(C)C)c2ccccc21. The number of anilines is 1. The van der Waals surface area contributed by atoms with Crippen molar-refractivity contribution in [2.24, 2.45) is 0 Å². The van der Waals surface area contributed by atoms with Gasteiger partial charge in [0.1, 0.15) is 5.60 Å². The van der Waals surface area contributed by atoms with Crippen molar-refractivity contribution in [3.63, 3.8) is 0 Å². The Bertz CT molecular complexity index is 703. The summed E-state index contributed by atoms with van der Waals surface area (Å²) in [4.78, 5) is 39.8. The van der Waals surface area contributed by atoms with E-state index in [9.17, 15) is 14.4 Å². The summed E-state index contributed by atoms with van der Waals surface area (Å²) in [5.41, 5.74) is -1.43. The van der Waals surface area contributed by atoms with Gasteiger partial charge in [-0.1, -0.05) is 18.2 Å². The maximum Gasteiger partial charge on any atom is 0.414 e. The van der Waals surface area contributed by atoms with Gasteiger partial charge in [-0.2, -0.15) is 0 Å². The van der Waals surface area contributed by atoms with Crippen molar-refractivity contribution in [3.8, 4) is 0 Å². The molecule has 0 radical (unpaired) electrons. The number of esters is 2. The predicted molar refractivity (Wildman–Crippen MR) is 99.6 cm³/mol. The number of hydrogen-bond donors (Lipinski definition) is 0. The Kier molecular flexibility index (Phi) is 6.13. The average molecular weight is 377 g/mol. The van der Waals surface area contributed by atoms with Crippen LogP contribution in [0.2, 0.25) is 0 Å². The number of carbonyl (C=O) groups excluding carboxylic acids is 3. The van der Waals surface area contributed by atoms with Gasteiger partial charge in [0, 0.05) is 12.1 Å². The highest BCUT2D eigenvalue weighted by molar-refractivity contribution is 6.09. The number of carbonyl (C=O) groups is 3. The van der Waals surface area contributed by atoms with Crippen LogP contribution in [0.15, 0.2) is 24.3 Å². The third-order valence-electron chi connectivity index (χ3n) is 4.23. The summed E-state index contributed by atoms with van der Waals surface area (Å²) in [6.07, 6.45) is -0.475. The number of rotatable bonds is 4. The van der Waals surface area contributed by atoms with Crippen LogP contribution < -0.4 is 4.90 Å². The summed E-state index contributed by atoms with van der Waals surface area (Å²) < 4.78 is 15.9. The van der Waals surface area contributed by atoms with Crippen LogP contribution in [0.3, 0.4) is 0 Å². The van der Waals surface area contributed by atoms with E-state index in [-0.39, 0.29) is 26.2 Å². The van der Waals surface area contributed by atoms with Crippen LogP contribution in [0, 0.1) is 0 Å². The Balaban J connectivity index is 2.55. The van der Waals surface area contributed by atoms with Gasteiger partial charge in [-0.3, -0.25) is 14.5 Å². The minimum absolute atomic E-state index is 0.0565. The van der Waals surface area contributed by atoms with Crippen LogP contribution in [0.25, 0.3) is 0 Å². The second-order valence-electron chi connectivity index (χ2n) is 7.25. The number of amides is 1. The zero-order chi connectivity index (χ0) is 20.2. The summed E-state index contributed by atoms with van der Waals surface area (Å²) >= 11 is 0. The van der Waals surface area contributed by atoms with Gasteiger partial charge in [0.05, 0.1) is 18.9 Å². The molecule has 0 unspecified atom stereocenters. The second-order valence-corrected chi connectivity index (χ2v) is 7.25. The van der Waals surface area contributed by atoms with Gasteiger partial charge < -0.3 is 14.2 Å². The van der Waals surface area contributed by atoms with Crippen LogP contribution >= 0.6 is 0 Å². The van der Waals surface area contributed by atoms with Gasteiger partial charge in [0.2, 0.25) is 0 Å². The van der Waals surface area contributed by atoms with Crippen molar-refractivity contribution in [1.29, 1.82) is 0 Å². The molecule has 7 nitrogen and oxygen atoms in total. The van der Waals surface area contributed by atoms with Crippen molar-refractivity contribution >= 4 is 23.7 Å². The maximum absolute atomic E-state index is 12.8. The quantitative estimate of drug-likeness (QED) is 0.455. The van der Waals surface area contributed by atoms with Gasteiger partial charge in [-0.05, 0) is 47.1 Å². The van der Waals surface area contributed by atoms with E-state index >= 15 is 0 Å². The lowest BCUT2D eigenvalue weighted by Crippen LogP contribution is -2.53. The van der Waals surface area contributed by atoms with Gasteiger partial charge in [-0.25, -0.2) is 4.79 Å². The normalized spacial score (nSPS) is 15.5. The van der Waals surface area contributed by atoms with Crippen LogP contribution in [-0.4, -0.2) is 43.4 Å². The largest absolute Gasteiger partial charge is 0.465 e. The second kappa shape index (κ2) is 7.98. The van der Waals surface area contributed by atoms with E-state index in [1.165, 1.54) is 4.90 Å². The summed E-state index contributed by atoms with van der Waals surface area (Å²) in [6, 6.07) is 6.79. The van der Waals surface area contributed by atoms with Gasteiger partial charge in [0.15, 0.2) is 5.41 Å². The van der Waals surface area contributed by atoms with E-state index in [4.69, 9.17) is 14.2 Å². The first kappa shape index (κ1) is 20.7. The molecule has 1 heterocycles. The molecule has 0 aliphatic carbocycles. The first-order valence-corrected chi connectivity index (χ1v) is 9.11. The molecule has 0 fully saturated rings. The lowest BCUT2D eigenvalue weighted by Gasteiger charge is -2.39. The highest BCUT2D eigenvalue weighted by Gasteiger charge is 2.55. The van der Waals surface area contributed by atoms with E-state index < -0.39 is 29.0 Å². The smallest absolute Gasteiger partial charge is 0.414 e. The summed E-state index contributed by atoms with van der Waals surface area (Å²) in [5.74, 6) is -1.33. The van der Waals surface area contributed by atoms with Crippen molar-refractivity contribution in [3.05, 3.63) is 29.8 Å². The average Bonchev–Trinajstić information content (AvgIpc) is 2.59. The zero-order valence-electron chi connectivity index (χ0n) is 16.5. The molecule has 27 heavy (non-hydrogen) atoms. The predicted octanol–water partition coefficient (Wildman–Crippen LogP) is 3.20. The van der Waals surface area contributed by atoms with Crippen LogP contribution in [0.4, 0.5) is 10.5 Å². The molecule has 0 aromatic heterocycles. The highest BCUT2D eigenvalue weighted by atomic mass is 16.6. The fourth-order valence-corrected chi connectivity index (χ4v) is 3.13. The number of benzene rings is 1. The number of hydrogen-bond acceptors (Lipinski definition) is 6. The van der Waals surface area contributed by atoms with Crippen molar-refractivity contribution < 1.29 is 28.6 Å². The standard InChI is InChI=1S/C20H27NO6/c1-6-25-16(22)20(17(23)26-7-2)12-13-21(18(24)27-19(3,4)5)15-11-9-8-10-14(15)20/h8-11H,6-7,12-13H2,1-5H3. The Hall–Kier alpha value is -2.57. The zero-order valence-corrected chi connectivity index (χ0v) is 16.5. The van der Waals surface area contributed by atoms with Crippen LogP contribution in [0.1, 0.15) is 46.6 Å². The number of ether oxygens (including phenoxy) is 3. The van der Waals surface area contributed by atoms with Crippen LogP contribution in [-0.2, 0) is 29.2 Å². The van der Waals surface area contributed by atoms with E-state index in [0.717, 1.165) is 0 Å². The molecule has 1 amide bonds. The maximum atomic E-state index is 12.8. The molecule has 1 aromatic rings. The molecule has 0 atom stereocenters. The fourth-order valence-electron chi connectivity index (χ4n) is 3.13. The molecule has 7 heteroatoms. The summed E-state index contributed by atoms with van der Waals surface area (Å²) in [7, 11) is 0. The molecule has 1 aliphatic heterocycles. The fraction of sp³-hybridized carbons (Fsp3) is 0.550. The molecule has 1 aromatic carbocycles. The lowest BCUT2D eigenvalue weighted by molar-refractivity contribution is -0.165. The molecule has 148 valence electrons. The topological polar surface area (TPSA) is 82.1 Å². The third kappa shape index (κ3) is 4.07. The molecule has 0 spiro atoms. The lowest BCUT2D eigenvalue weighted by atomic mass is 9.74. The molecule has 0 N–H and O–H groups in total. The van der Waals surface area contributed by atoms with E-state index in [2.05, 4.69) is 0 Å². The molecule has 0 saturated heterocycles. The highest BCUT2D eigenvalue weighted by Crippen LogP contribution is 2.42. The number of nitrogens with zero attached hydrogens (tertiary/aromatic N) is 1. The van der Waals surface area contributed by atoms with Crippen molar-refractivity contribution in [2.45, 2.75) is 52.1 Å². The minimum Gasteiger partial charge on any atom is -0.465 e. The Morgan fingerprint density at radius 3 is 2.11 bits per heavy atom. The molecular formula is C20H27NO6. The Morgan fingerprint density at radius 1 is 1.04 bits per heavy atom. The Labute approximate surface area is 159 Å². The van der Waals surface area contributed by atoms with E-state index in [1.54, 1.807) is 58.9 Å². The molecule has 0 saturated carbocycles. The Morgan fingerprint density at radius 2 is 1.59 bits per heavy atom. The van der Waals surface area contributed by atoms with Crippen LogP contribution in [0.5, 0.6) is 0 Å². The van der Waals surface area contributed by atoms with Gasteiger partial charge in [0.25, 0.3) is 0 Å². The monoisotopic (exact) mass is 377 g/mol. The van der Waals surface area contributed by atoms with E-state index in [0.29, 0.717) is 11.3 Å². The first-order chi connectivity index (χ1) is 12.7. The third-order valence-corrected chi connectivity index (χ3v) is 4.23. The van der Waals surface area contributed by atoms with E-state index in [1.807, 2.05) is 0 Å². The van der Waals surface area contributed by atoms with Gasteiger partial charge >= 0.3 is 18.0 Å². The minimum atomic E-state index is -1.60. The molecular weight excluding hydrogens is 350 g/mol. The summed E-state index contributed by atoms with van der Waals surface area (Å²) in [5, 5.41) is 0. The number of para-hydroxylation sites is 1. The summed E-state index contributed by atoms with van der Waals surface area (Å²) in [6.45, 7) is 9.10. The van der Waals surface area contributed by atoms with Crippen molar-refractivity contribution in [1.82, 2.24) is 0 Å². The number of fused-ring (bicyclic) bond motifs is 1. The van der Waals surface area contributed by atoms with Crippen molar-refractivity contribution in [2.75, 3.05) is 24.7 Å². The molecule has 1 aliphatic rings. The van der Waals surface area contributed by atoms with Gasteiger partial charge in [-0.15, -0.1) is 0 Å². The molecule has 0 bridgehead atoms.